The largest absolute Gasteiger partial charge is 0.481 e. The van der Waals surface area contributed by atoms with E-state index in [2.05, 4.69) is 11.6 Å². The summed E-state index contributed by atoms with van der Waals surface area (Å²) in [5.41, 5.74) is 0. The van der Waals surface area contributed by atoms with Crippen molar-refractivity contribution in [1.29, 1.82) is 0 Å². The Morgan fingerprint density at radius 1 is 1.38 bits per heavy atom. The molecule has 4 heteroatoms. The first-order valence-electron chi connectivity index (χ1n) is 6.22. The van der Waals surface area contributed by atoms with Gasteiger partial charge in [0.2, 0.25) is 0 Å². The lowest BCUT2D eigenvalue weighted by atomic mass is 10.2. The van der Waals surface area contributed by atoms with Crippen LogP contribution in [0.25, 0.3) is 0 Å². The molecule has 0 aromatic heterocycles. The summed E-state index contributed by atoms with van der Waals surface area (Å²) < 4.78 is 0. The zero-order valence-electron chi connectivity index (χ0n) is 10.1. The van der Waals surface area contributed by atoms with Crippen LogP contribution in [0.1, 0.15) is 44.9 Å². The summed E-state index contributed by atoms with van der Waals surface area (Å²) in [4.78, 5) is 10.3. The van der Waals surface area contributed by atoms with E-state index >= 15 is 0 Å². The van der Waals surface area contributed by atoms with Gasteiger partial charge < -0.3 is 10.4 Å². The molecular weight excluding hydrogens is 222 g/mol. The number of hydrogen-bond donors (Lipinski definition) is 2. The van der Waals surface area contributed by atoms with Crippen molar-refractivity contribution < 1.29 is 9.90 Å². The first-order valence-corrected chi connectivity index (χ1v) is 7.51. The Morgan fingerprint density at radius 3 is 2.88 bits per heavy atom. The maximum absolute atomic E-state index is 10.3. The van der Waals surface area contributed by atoms with Crippen molar-refractivity contribution in [3.8, 4) is 0 Å². The Bertz CT molecular complexity index is 211. The van der Waals surface area contributed by atoms with Gasteiger partial charge in [-0.3, -0.25) is 4.79 Å². The van der Waals surface area contributed by atoms with Crippen LogP contribution in [0.2, 0.25) is 0 Å². The number of hydrogen-bond acceptors (Lipinski definition) is 3. The maximum Gasteiger partial charge on any atom is 0.303 e. The van der Waals surface area contributed by atoms with E-state index in [1.54, 1.807) is 0 Å². The van der Waals surface area contributed by atoms with Crippen LogP contribution in [0.3, 0.4) is 0 Å². The van der Waals surface area contributed by atoms with Crippen molar-refractivity contribution in [3.63, 3.8) is 0 Å². The van der Waals surface area contributed by atoms with Gasteiger partial charge in [0.15, 0.2) is 0 Å². The van der Waals surface area contributed by atoms with Crippen LogP contribution < -0.4 is 5.32 Å². The molecule has 1 aliphatic carbocycles. The van der Waals surface area contributed by atoms with Crippen molar-refractivity contribution in [3.05, 3.63) is 0 Å². The number of rotatable bonds is 8. The first kappa shape index (κ1) is 13.8. The van der Waals surface area contributed by atoms with Gasteiger partial charge in [-0.25, -0.2) is 0 Å². The van der Waals surface area contributed by atoms with Gasteiger partial charge >= 0.3 is 5.97 Å². The van der Waals surface area contributed by atoms with Gasteiger partial charge in [0.1, 0.15) is 0 Å². The van der Waals surface area contributed by atoms with Gasteiger partial charge in [-0.1, -0.05) is 12.8 Å². The molecule has 3 nitrogen and oxygen atoms in total. The fourth-order valence-electron chi connectivity index (χ4n) is 2.31. The van der Waals surface area contributed by atoms with Crippen molar-refractivity contribution in [2.45, 2.75) is 56.2 Å². The Labute approximate surface area is 102 Å². The molecule has 0 heterocycles. The summed E-state index contributed by atoms with van der Waals surface area (Å²) in [6.07, 6.45) is 9.45. The molecule has 16 heavy (non-hydrogen) atoms. The van der Waals surface area contributed by atoms with Gasteiger partial charge in [0.25, 0.3) is 0 Å². The Morgan fingerprint density at radius 2 is 2.19 bits per heavy atom. The molecule has 1 fully saturated rings. The highest BCUT2D eigenvalue weighted by molar-refractivity contribution is 7.99. The molecule has 94 valence electrons. The molecule has 1 aliphatic rings. The Kier molecular flexibility index (Phi) is 6.88. The highest BCUT2D eigenvalue weighted by Crippen LogP contribution is 2.28. The molecule has 0 saturated heterocycles. The second-order valence-corrected chi connectivity index (χ2v) is 5.55. The molecule has 0 aromatic rings. The van der Waals surface area contributed by atoms with Crippen LogP contribution >= 0.6 is 11.8 Å². The standard InChI is InChI=1S/C12H23NO2S/c1-16-11-7-5-6-10(11)13-9-4-2-3-8-12(14)15/h10-11,13H,2-9H2,1H3,(H,14,15). The highest BCUT2D eigenvalue weighted by Gasteiger charge is 2.25. The summed E-state index contributed by atoms with van der Waals surface area (Å²) in [5, 5.41) is 12.9. The van der Waals surface area contributed by atoms with E-state index in [4.69, 9.17) is 5.11 Å². The average molecular weight is 245 g/mol. The zero-order valence-corrected chi connectivity index (χ0v) is 10.9. The van der Waals surface area contributed by atoms with Gasteiger partial charge in [0.05, 0.1) is 0 Å². The molecule has 0 aromatic carbocycles. The molecule has 1 saturated carbocycles. The molecule has 1 rings (SSSR count). The van der Waals surface area contributed by atoms with E-state index in [9.17, 15) is 4.79 Å². The van der Waals surface area contributed by atoms with E-state index in [0.29, 0.717) is 12.5 Å². The molecule has 0 spiro atoms. The monoisotopic (exact) mass is 245 g/mol. The quantitative estimate of drug-likeness (QED) is 0.645. The molecule has 2 N–H and O–H groups in total. The van der Waals surface area contributed by atoms with Crippen LogP contribution in [-0.4, -0.2) is 35.2 Å². The minimum atomic E-state index is -0.675. The smallest absolute Gasteiger partial charge is 0.303 e. The third-order valence-corrected chi connectivity index (χ3v) is 4.40. The van der Waals surface area contributed by atoms with E-state index in [1.807, 2.05) is 11.8 Å². The summed E-state index contributed by atoms with van der Waals surface area (Å²) in [5.74, 6) is -0.675. The van der Waals surface area contributed by atoms with Crippen molar-refractivity contribution in [2.75, 3.05) is 12.8 Å². The minimum Gasteiger partial charge on any atom is -0.481 e. The summed E-state index contributed by atoms with van der Waals surface area (Å²) in [6.45, 7) is 1.04. The molecule has 2 unspecified atom stereocenters. The van der Waals surface area contributed by atoms with Crippen molar-refractivity contribution >= 4 is 17.7 Å². The number of unbranched alkanes of at least 4 members (excludes halogenated alkanes) is 2. The topological polar surface area (TPSA) is 49.3 Å². The van der Waals surface area contributed by atoms with Crippen LogP contribution in [0.5, 0.6) is 0 Å². The lowest BCUT2D eigenvalue weighted by molar-refractivity contribution is -0.137. The number of carbonyl (C=O) groups is 1. The lowest BCUT2D eigenvalue weighted by Crippen LogP contribution is -2.34. The Balaban J connectivity index is 1.96. The fraction of sp³-hybridized carbons (Fsp3) is 0.917. The van der Waals surface area contributed by atoms with Crippen LogP contribution in [0, 0.1) is 0 Å². The van der Waals surface area contributed by atoms with Crippen LogP contribution in [0.15, 0.2) is 0 Å². The van der Waals surface area contributed by atoms with Gasteiger partial charge in [-0.05, 0) is 38.5 Å². The predicted molar refractivity (Wildman–Crippen MR) is 69.0 cm³/mol. The second-order valence-electron chi connectivity index (χ2n) is 4.47. The number of thioether (sulfide) groups is 1. The van der Waals surface area contributed by atoms with E-state index in [0.717, 1.165) is 31.1 Å². The summed E-state index contributed by atoms with van der Waals surface area (Å²) in [7, 11) is 0. The lowest BCUT2D eigenvalue weighted by Gasteiger charge is -2.18. The fourth-order valence-corrected chi connectivity index (χ4v) is 3.27. The predicted octanol–water partition coefficient (Wildman–Crippen LogP) is 2.51. The number of nitrogens with one attached hydrogen (secondary N) is 1. The first-order chi connectivity index (χ1) is 7.74. The van der Waals surface area contributed by atoms with Gasteiger partial charge in [-0.15, -0.1) is 0 Å². The molecule has 0 bridgehead atoms. The minimum absolute atomic E-state index is 0.316. The zero-order chi connectivity index (χ0) is 11.8. The van der Waals surface area contributed by atoms with Gasteiger partial charge in [-0.2, -0.15) is 11.8 Å². The average Bonchev–Trinajstić information content (AvgIpc) is 2.70. The third kappa shape index (κ3) is 5.21. The van der Waals surface area contributed by atoms with E-state index < -0.39 is 5.97 Å². The Hall–Kier alpha value is -0.220. The molecule has 0 aliphatic heterocycles. The summed E-state index contributed by atoms with van der Waals surface area (Å²) in [6, 6.07) is 0.689. The maximum atomic E-state index is 10.3. The molecule has 0 radical (unpaired) electrons. The number of carboxylic acid groups (broad SMARTS) is 1. The van der Waals surface area contributed by atoms with Crippen molar-refractivity contribution in [1.82, 2.24) is 5.32 Å². The molecule has 0 amide bonds. The SMILES string of the molecule is CSC1CCCC1NCCCCCC(=O)O. The van der Waals surface area contributed by atoms with Crippen molar-refractivity contribution in [2.24, 2.45) is 0 Å². The molecular formula is C12H23NO2S. The second kappa shape index (κ2) is 7.96. The molecule has 2 atom stereocenters. The number of carboxylic acids is 1. The number of aliphatic carboxylic acids is 1. The van der Waals surface area contributed by atoms with Crippen LogP contribution in [-0.2, 0) is 4.79 Å². The van der Waals surface area contributed by atoms with E-state index in [-0.39, 0.29) is 0 Å². The van der Waals surface area contributed by atoms with Gasteiger partial charge in [0, 0.05) is 17.7 Å². The third-order valence-electron chi connectivity index (χ3n) is 3.23. The normalized spacial score (nSPS) is 24.8. The van der Waals surface area contributed by atoms with E-state index in [1.165, 1.54) is 19.3 Å². The summed E-state index contributed by atoms with van der Waals surface area (Å²) >= 11 is 1.97. The highest BCUT2D eigenvalue weighted by atomic mass is 32.2. The van der Waals surface area contributed by atoms with Crippen LogP contribution in [0.4, 0.5) is 0 Å².